The van der Waals surface area contributed by atoms with Crippen molar-refractivity contribution < 1.29 is 17.9 Å². The fourth-order valence-electron chi connectivity index (χ4n) is 1.55. The lowest BCUT2D eigenvalue weighted by Gasteiger charge is -2.10. The van der Waals surface area contributed by atoms with Crippen LogP contribution in [0.25, 0.3) is 0 Å². The number of carbonyl (C=O) groups is 1. The Hall–Kier alpha value is -1.11. The third-order valence-electron chi connectivity index (χ3n) is 2.57. The number of aryl methyl sites for hydroxylation is 1. The molecule has 1 aromatic rings. The van der Waals surface area contributed by atoms with Crippen molar-refractivity contribution in [3.8, 4) is 0 Å². The summed E-state index contributed by atoms with van der Waals surface area (Å²) in [6, 6.07) is 4.20. The van der Waals surface area contributed by atoms with E-state index in [1.165, 1.54) is 12.1 Å². The highest BCUT2D eigenvalue weighted by atomic mass is 35.7. The van der Waals surface area contributed by atoms with Gasteiger partial charge in [-0.25, -0.2) is 8.42 Å². The lowest BCUT2D eigenvalue weighted by molar-refractivity contribution is 0.0746. The Morgan fingerprint density at radius 1 is 1.40 bits per heavy atom. The first kappa shape index (κ1) is 16.9. The van der Waals surface area contributed by atoms with Crippen LogP contribution in [0.3, 0.4) is 0 Å². The van der Waals surface area contributed by atoms with E-state index in [2.05, 4.69) is 5.32 Å². The summed E-state index contributed by atoms with van der Waals surface area (Å²) in [6.45, 7) is 6.29. The van der Waals surface area contributed by atoms with Gasteiger partial charge in [0.15, 0.2) is 0 Å². The van der Waals surface area contributed by atoms with Gasteiger partial charge in [0.05, 0.1) is 17.6 Å². The lowest BCUT2D eigenvalue weighted by Crippen LogP contribution is -2.28. The van der Waals surface area contributed by atoms with Crippen molar-refractivity contribution in [1.29, 1.82) is 0 Å². The number of hydrogen-bond acceptors (Lipinski definition) is 4. The van der Waals surface area contributed by atoms with Gasteiger partial charge in [-0.05, 0) is 38.5 Å². The molecule has 20 heavy (non-hydrogen) atoms. The Labute approximate surface area is 123 Å². The summed E-state index contributed by atoms with van der Waals surface area (Å²) in [4.78, 5) is 11.9. The summed E-state index contributed by atoms with van der Waals surface area (Å²) in [5.41, 5.74) is 0.965. The Bertz CT molecular complexity index is 584. The molecule has 1 rings (SSSR count). The predicted molar refractivity (Wildman–Crippen MR) is 77.6 cm³/mol. The third kappa shape index (κ3) is 5.11. The van der Waals surface area contributed by atoms with E-state index in [0.29, 0.717) is 18.7 Å². The number of benzene rings is 1. The standard InChI is InChI=1S/C13H18ClNO4S/c1-9(2)19-7-6-15-13(16)12-8-11(20(14,17)18)5-4-10(12)3/h4-5,8-9H,6-7H2,1-3H3,(H,15,16). The van der Waals surface area contributed by atoms with Gasteiger partial charge in [-0.2, -0.15) is 0 Å². The summed E-state index contributed by atoms with van der Waals surface area (Å²) in [7, 11) is 1.43. The Morgan fingerprint density at radius 3 is 2.60 bits per heavy atom. The first-order valence-corrected chi connectivity index (χ1v) is 8.48. The van der Waals surface area contributed by atoms with Crippen LogP contribution in [0.15, 0.2) is 23.1 Å². The van der Waals surface area contributed by atoms with Gasteiger partial charge in [-0.1, -0.05) is 6.07 Å². The molecule has 0 unspecified atom stereocenters. The van der Waals surface area contributed by atoms with Gasteiger partial charge < -0.3 is 10.1 Å². The number of hydrogen-bond donors (Lipinski definition) is 1. The molecule has 1 amide bonds. The van der Waals surface area contributed by atoms with Crippen LogP contribution in [-0.4, -0.2) is 33.6 Å². The van der Waals surface area contributed by atoms with E-state index >= 15 is 0 Å². The fraction of sp³-hybridized carbons (Fsp3) is 0.462. The van der Waals surface area contributed by atoms with E-state index in [-0.39, 0.29) is 22.5 Å². The van der Waals surface area contributed by atoms with E-state index in [1.807, 2.05) is 13.8 Å². The summed E-state index contributed by atoms with van der Waals surface area (Å²) >= 11 is 0. The van der Waals surface area contributed by atoms with Gasteiger partial charge in [-0.3, -0.25) is 4.79 Å². The van der Waals surface area contributed by atoms with Crippen molar-refractivity contribution in [2.75, 3.05) is 13.2 Å². The second kappa shape index (κ2) is 7.06. The quantitative estimate of drug-likeness (QED) is 0.643. The van der Waals surface area contributed by atoms with Crippen molar-refractivity contribution in [3.63, 3.8) is 0 Å². The van der Waals surface area contributed by atoms with E-state index < -0.39 is 9.05 Å². The zero-order valence-electron chi connectivity index (χ0n) is 11.6. The minimum absolute atomic E-state index is 0.0895. The number of carbonyl (C=O) groups excluding carboxylic acids is 1. The fourth-order valence-corrected chi connectivity index (χ4v) is 2.33. The van der Waals surface area contributed by atoms with Crippen molar-refractivity contribution in [2.45, 2.75) is 31.8 Å². The van der Waals surface area contributed by atoms with E-state index in [9.17, 15) is 13.2 Å². The molecule has 0 aliphatic carbocycles. The molecule has 7 heteroatoms. The van der Waals surface area contributed by atoms with Crippen LogP contribution in [0.2, 0.25) is 0 Å². The van der Waals surface area contributed by atoms with Gasteiger partial charge in [0, 0.05) is 22.8 Å². The van der Waals surface area contributed by atoms with Crippen molar-refractivity contribution in [2.24, 2.45) is 0 Å². The Morgan fingerprint density at radius 2 is 2.05 bits per heavy atom. The number of rotatable bonds is 6. The monoisotopic (exact) mass is 319 g/mol. The number of ether oxygens (including phenoxy) is 1. The van der Waals surface area contributed by atoms with Crippen LogP contribution >= 0.6 is 10.7 Å². The molecular weight excluding hydrogens is 302 g/mol. The highest BCUT2D eigenvalue weighted by Gasteiger charge is 2.15. The molecule has 0 aliphatic rings. The van der Waals surface area contributed by atoms with Crippen LogP contribution < -0.4 is 5.32 Å². The van der Waals surface area contributed by atoms with Crippen LogP contribution in [0.1, 0.15) is 29.8 Å². The Kier molecular flexibility index (Phi) is 5.98. The van der Waals surface area contributed by atoms with Gasteiger partial charge in [0.1, 0.15) is 0 Å². The average molecular weight is 320 g/mol. The molecule has 1 aromatic carbocycles. The summed E-state index contributed by atoms with van der Waals surface area (Å²) in [6.07, 6.45) is 0.0957. The van der Waals surface area contributed by atoms with Crippen LogP contribution in [0.5, 0.6) is 0 Å². The maximum atomic E-state index is 12.0. The molecule has 0 aromatic heterocycles. The minimum Gasteiger partial charge on any atom is -0.377 e. The smallest absolute Gasteiger partial charge is 0.261 e. The molecule has 0 radical (unpaired) electrons. The molecule has 112 valence electrons. The molecular formula is C13H18ClNO4S. The van der Waals surface area contributed by atoms with Gasteiger partial charge in [0.25, 0.3) is 15.0 Å². The zero-order chi connectivity index (χ0) is 15.3. The van der Waals surface area contributed by atoms with Crippen molar-refractivity contribution >= 4 is 25.6 Å². The predicted octanol–water partition coefficient (Wildman–Crippen LogP) is 2.08. The average Bonchev–Trinajstić information content (AvgIpc) is 2.33. The number of nitrogens with one attached hydrogen (secondary N) is 1. The molecule has 0 atom stereocenters. The summed E-state index contributed by atoms with van der Waals surface area (Å²) < 4.78 is 27.8. The van der Waals surface area contributed by atoms with Gasteiger partial charge in [0.2, 0.25) is 0 Å². The van der Waals surface area contributed by atoms with Crippen molar-refractivity contribution in [3.05, 3.63) is 29.3 Å². The SMILES string of the molecule is Cc1ccc(S(=O)(=O)Cl)cc1C(=O)NCCOC(C)C. The second-order valence-electron chi connectivity index (χ2n) is 4.59. The molecule has 5 nitrogen and oxygen atoms in total. The normalized spacial score (nSPS) is 11.7. The number of halogens is 1. The first-order chi connectivity index (χ1) is 9.21. The largest absolute Gasteiger partial charge is 0.377 e. The highest BCUT2D eigenvalue weighted by molar-refractivity contribution is 8.13. The zero-order valence-corrected chi connectivity index (χ0v) is 13.2. The summed E-state index contributed by atoms with van der Waals surface area (Å²) in [5, 5.41) is 2.67. The van der Waals surface area contributed by atoms with Crippen LogP contribution in [0.4, 0.5) is 0 Å². The van der Waals surface area contributed by atoms with Crippen LogP contribution in [0, 0.1) is 6.92 Å². The molecule has 1 N–H and O–H groups in total. The molecule has 0 fully saturated rings. The topological polar surface area (TPSA) is 72.5 Å². The van der Waals surface area contributed by atoms with E-state index in [1.54, 1.807) is 13.0 Å². The maximum Gasteiger partial charge on any atom is 0.261 e. The molecule has 0 spiro atoms. The molecule has 0 heterocycles. The van der Waals surface area contributed by atoms with Gasteiger partial charge in [-0.15, -0.1) is 0 Å². The van der Waals surface area contributed by atoms with Crippen molar-refractivity contribution in [1.82, 2.24) is 5.32 Å². The third-order valence-corrected chi connectivity index (χ3v) is 3.93. The molecule has 0 saturated heterocycles. The first-order valence-electron chi connectivity index (χ1n) is 6.17. The summed E-state index contributed by atoms with van der Waals surface area (Å²) in [5.74, 6) is -0.350. The molecule has 0 aliphatic heterocycles. The highest BCUT2D eigenvalue weighted by Crippen LogP contribution is 2.19. The van der Waals surface area contributed by atoms with Crippen LogP contribution in [-0.2, 0) is 13.8 Å². The number of amides is 1. The van der Waals surface area contributed by atoms with Gasteiger partial charge >= 0.3 is 0 Å². The van der Waals surface area contributed by atoms with E-state index in [0.717, 1.165) is 0 Å². The minimum atomic E-state index is -3.84. The second-order valence-corrected chi connectivity index (χ2v) is 7.16. The maximum absolute atomic E-state index is 12.0. The Balaban J connectivity index is 2.77. The molecule has 0 bridgehead atoms. The lowest BCUT2D eigenvalue weighted by atomic mass is 10.1. The molecule has 0 saturated carbocycles. The van der Waals surface area contributed by atoms with E-state index in [4.69, 9.17) is 15.4 Å².